The SMILES string of the molecule is CCCCCCCOc1ccccc1NC(=O)OC(CN(CC)CC)CN1CCCCCC1. The first-order valence-electron chi connectivity index (χ1n) is 13.3. The van der Waals surface area contributed by atoms with Gasteiger partial charge in [0.15, 0.2) is 0 Å². The summed E-state index contributed by atoms with van der Waals surface area (Å²) in [6, 6.07) is 7.63. The van der Waals surface area contributed by atoms with Gasteiger partial charge in [0, 0.05) is 13.1 Å². The number of nitrogens with one attached hydrogen (secondary N) is 1. The number of rotatable bonds is 15. The van der Waals surface area contributed by atoms with Crippen molar-refractivity contribution in [2.24, 2.45) is 0 Å². The van der Waals surface area contributed by atoms with Crippen LogP contribution in [0.25, 0.3) is 0 Å². The number of nitrogens with zero attached hydrogens (tertiary/aromatic N) is 2. The fourth-order valence-corrected chi connectivity index (χ4v) is 4.38. The van der Waals surface area contributed by atoms with Crippen LogP contribution in [0.15, 0.2) is 24.3 Å². The van der Waals surface area contributed by atoms with Crippen molar-refractivity contribution in [1.82, 2.24) is 9.80 Å². The molecule has 0 aliphatic carbocycles. The molecule has 1 unspecified atom stereocenters. The number of anilines is 1. The minimum atomic E-state index is -0.402. The van der Waals surface area contributed by atoms with E-state index in [2.05, 4.69) is 35.9 Å². The van der Waals surface area contributed by atoms with Gasteiger partial charge in [-0.1, -0.05) is 71.4 Å². The van der Waals surface area contributed by atoms with E-state index in [1.807, 2.05) is 24.3 Å². The summed E-state index contributed by atoms with van der Waals surface area (Å²) in [5.74, 6) is 0.706. The van der Waals surface area contributed by atoms with Crippen LogP contribution < -0.4 is 10.1 Å². The molecule has 1 aliphatic heterocycles. The Morgan fingerprint density at radius 1 is 1.00 bits per heavy atom. The Kier molecular flexibility index (Phi) is 13.9. The number of para-hydroxylation sites is 2. The van der Waals surface area contributed by atoms with E-state index in [0.717, 1.165) is 45.7 Å². The largest absolute Gasteiger partial charge is 0.491 e. The first-order chi connectivity index (χ1) is 16.2. The van der Waals surface area contributed by atoms with Crippen molar-refractivity contribution in [2.75, 3.05) is 51.2 Å². The van der Waals surface area contributed by atoms with E-state index in [9.17, 15) is 4.79 Å². The maximum absolute atomic E-state index is 12.9. The van der Waals surface area contributed by atoms with Gasteiger partial charge in [-0.15, -0.1) is 0 Å². The van der Waals surface area contributed by atoms with Gasteiger partial charge in [0.25, 0.3) is 0 Å². The molecule has 1 fully saturated rings. The van der Waals surface area contributed by atoms with Crippen LogP contribution >= 0.6 is 0 Å². The number of hydrogen-bond donors (Lipinski definition) is 1. The third kappa shape index (κ3) is 11.3. The lowest BCUT2D eigenvalue weighted by Crippen LogP contribution is -2.43. The molecule has 33 heavy (non-hydrogen) atoms. The van der Waals surface area contributed by atoms with Crippen LogP contribution in [0, 0.1) is 0 Å². The summed E-state index contributed by atoms with van der Waals surface area (Å²) in [7, 11) is 0. The molecule has 2 rings (SSSR count). The first-order valence-corrected chi connectivity index (χ1v) is 13.3. The second kappa shape index (κ2) is 16.8. The number of carbonyl (C=O) groups excluding carboxylic acids is 1. The number of amides is 1. The molecule has 1 aromatic carbocycles. The molecule has 1 saturated heterocycles. The maximum atomic E-state index is 12.9. The maximum Gasteiger partial charge on any atom is 0.412 e. The van der Waals surface area contributed by atoms with Crippen LogP contribution in [0.4, 0.5) is 10.5 Å². The number of unbranched alkanes of at least 4 members (excludes halogenated alkanes) is 4. The van der Waals surface area contributed by atoms with E-state index in [0.29, 0.717) is 18.0 Å². The molecule has 1 heterocycles. The summed E-state index contributed by atoms with van der Waals surface area (Å²) < 4.78 is 11.9. The number of benzene rings is 1. The van der Waals surface area contributed by atoms with Crippen LogP contribution in [-0.4, -0.2) is 67.9 Å². The average molecular weight is 462 g/mol. The molecular weight excluding hydrogens is 414 g/mol. The Labute approximate surface area is 202 Å². The molecule has 1 aliphatic rings. The number of hydrogen-bond acceptors (Lipinski definition) is 5. The third-order valence-electron chi connectivity index (χ3n) is 6.42. The van der Waals surface area contributed by atoms with Crippen LogP contribution in [0.5, 0.6) is 5.75 Å². The highest BCUT2D eigenvalue weighted by Gasteiger charge is 2.22. The van der Waals surface area contributed by atoms with Gasteiger partial charge in [-0.25, -0.2) is 4.79 Å². The monoisotopic (exact) mass is 461 g/mol. The topological polar surface area (TPSA) is 54.0 Å². The predicted octanol–water partition coefficient (Wildman–Crippen LogP) is 6.17. The molecule has 0 spiro atoms. The normalized spacial score (nSPS) is 15.8. The molecule has 0 radical (unpaired) electrons. The second-order valence-electron chi connectivity index (χ2n) is 9.11. The molecule has 188 valence electrons. The van der Waals surface area contributed by atoms with E-state index in [-0.39, 0.29) is 6.10 Å². The Bertz CT molecular complexity index is 643. The van der Waals surface area contributed by atoms with Gasteiger partial charge in [0.2, 0.25) is 0 Å². The van der Waals surface area contributed by atoms with Gasteiger partial charge < -0.3 is 14.4 Å². The quantitative estimate of drug-likeness (QED) is 0.317. The smallest absolute Gasteiger partial charge is 0.412 e. The zero-order valence-electron chi connectivity index (χ0n) is 21.3. The molecule has 6 heteroatoms. The van der Waals surface area contributed by atoms with E-state index >= 15 is 0 Å². The van der Waals surface area contributed by atoms with Crippen molar-refractivity contribution >= 4 is 11.8 Å². The van der Waals surface area contributed by atoms with Gasteiger partial charge in [-0.05, 0) is 57.6 Å². The van der Waals surface area contributed by atoms with Crippen LogP contribution in [0.3, 0.4) is 0 Å². The fraction of sp³-hybridized carbons (Fsp3) is 0.741. The average Bonchev–Trinajstić information content (AvgIpc) is 3.09. The third-order valence-corrected chi connectivity index (χ3v) is 6.42. The first kappa shape index (κ1) is 27.5. The minimum absolute atomic E-state index is 0.158. The highest BCUT2D eigenvalue weighted by Crippen LogP contribution is 2.24. The lowest BCUT2D eigenvalue weighted by Gasteiger charge is -2.30. The number of likely N-dealkylation sites (tertiary alicyclic amines) is 1. The molecular formula is C27H47N3O3. The summed E-state index contributed by atoms with van der Waals surface area (Å²) in [4.78, 5) is 17.7. The Morgan fingerprint density at radius 2 is 1.70 bits per heavy atom. The number of likely N-dealkylation sites (N-methyl/N-ethyl adjacent to an activating group) is 1. The van der Waals surface area contributed by atoms with E-state index in [1.165, 1.54) is 51.4 Å². The summed E-state index contributed by atoms with van der Waals surface area (Å²) in [5, 5.41) is 2.94. The summed E-state index contributed by atoms with van der Waals surface area (Å²) in [6.07, 6.45) is 10.5. The molecule has 0 aromatic heterocycles. The molecule has 0 saturated carbocycles. The van der Waals surface area contributed by atoms with Crippen LogP contribution in [0.1, 0.15) is 78.6 Å². The minimum Gasteiger partial charge on any atom is -0.491 e. The highest BCUT2D eigenvalue weighted by atomic mass is 16.6. The van der Waals surface area contributed by atoms with E-state index < -0.39 is 6.09 Å². The van der Waals surface area contributed by atoms with Crippen molar-refractivity contribution < 1.29 is 14.3 Å². The van der Waals surface area contributed by atoms with Crippen molar-refractivity contribution in [3.8, 4) is 5.75 Å². The molecule has 1 N–H and O–H groups in total. The standard InChI is InChI=1S/C27H47N3O3/c1-4-7-8-11-16-21-32-26-18-13-12-17-25(26)28-27(31)33-24(22-29(5-2)6-3)23-30-19-14-9-10-15-20-30/h12-13,17-18,24H,4-11,14-16,19-23H2,1-3H3,(H,28,31). The highest BCUT2D eigenvalue weighted by molar-refractivity contribution is 5.86. The van der Waals surface area contributed by atoms with Gasteiger partial charge in [-0.3, -0.25) is 10.2 Å². The molecule has 1 amide bonds. The second-order valence-corrected chi connectivity index (χ2v) is 9.11. The predicted molar refractivity (Wildman–Crippen MR) is 137 cm³/mol. The number of carbonyl (C=O) groups is 1. The summed E-state index contributed by atoms with van der Waals surface area (Å²) in [6.45, 7) is 12.8. The summed E-state index contributed by atoms with van der Waals surface area (Å²) in [5.41, 5.74) is 0.674. The van der Waals surface area contributed by atoms with Gasteiger partial charge in [-0.2, -0.15) is 0 Å². The molecule has 1 aromatic rings. The van der Waals surface area contributed by atoms with E-state index in [1.54, 1.807) is 0 Å². The van der Waals surface area contributed by atoms with Gasteiger partial charge in [0.05, 0.1) is 12.3 Å². The fourth-order valence-electron chi connectivity index (χ4n) is 4.38. The molecule has 6 nitrogen and oxygen atoms in total. The van der Waals surface area contributed by atoms with Crippen molar-refractivity contribution in [2.45, 2.75) is 84.7 Å². The number of ether oxygens (including phenoxy) is 2. The Hall–Kier alpha value is -1.79. The zero-order valence-corrected chi connectivity index (χ0v) is 21.3. The molecule has 1 atom stereocenters. The Morgan fingerprint density at radius 3 is 2.39 bits per heavy atom. The van der Waals surface area contributed by atoms with Gasteiger partial charge >= 0.3 is 6.09 Å². The van der Waals surface area contributed by atoms with E-state index in [4.69, 9.17) is 9.47 Å². The van der Waals surface area contributed by atoms with Crippen LogP contribution in [0.2, 0.25) is 0 Å². The van der Waals surface area contributed by atoms with Crippen molar-refractivity contribution in [3.63, 3.8) is 0 Å². The lowest BCUT2D eigenvalue weighted by atomic mass is 10.2. The Balaban J connectivity index is 1.92. The zero-order chi connectivity index (χ0) is 23.7. The van der Waals surface area contributed by atoms with Crippen molar-refractivity contribution in [1.29, 1.82) is 0 Å². The summed E-state index contributed by atoms with van der Waals surface area (Å²) >= 11 is 0. The van der Waals surface area contributed by atoms with Crippen molar-refractivity contribution in [3.05, 3.63) is 24.3 Å². The lowest BCUT2D eigenvalue weighted by molar-refractivity contribution is 0.0558. The molecule has 0 bridgehead atoms. The van der Waals surface area contributed by atoms with Gasteiger partial charge in [0.1, 0.15) is 11.9 Å². The van der Waals surface area contributed by atoms with Crippen LogP contribution in [-0.2, 0) is 4.74 Å².